The number of nitrogens with one attached hydrogen (secondary N) is 1. The third-order valence-electron chi connectivity index (χ3n) is 3.52. The molecule has 0 saturated heterocycles. The summed E-state index contributed by atoms with van der Waals surface area (Å²) < 4.78 is 7.43. The number of hydrogen-bond acceptors (Lipinski definition) is 2. The Labute approximate surface area is 121 Å². The van der Waals surface area contributed by atoms with Crippen molar-refractivity contribution in [3.8, 4) is 5.75 Å². The van der Waals surface area contributed by atoms with E-state index in [0.29, 0.717) is 6.04 Å². The molecule has 3 nitrogen and oxygen atoms in total. The molecular weight excluding hydrogens is 248 g/mol. The summed E-state index contributed by atoms with van der Waals surface area (Å²) in [6.45, 7) is 6.37. The highest BCUT2D eigenvalue weighted by molar-refractivity contribution is 5.28. The van der Waals surface area contributed by atoms with Crippen LogP contribution in [0.3, 0.4) is 0 Å². The van der Waals surface area contributed by atoms with E-state index in [9.17, 15) is 0 Å². The fourth-order valence-corrected chi connectivity index (χ4v) is 2.27. The predicted octanol–water partition coefficient (Wildman–Crippen LogP) is 3.76. The molecule has 0 unspecified atom stereocenters. The lowest BCUT2D eigenvalue weighted by Gasteiger charge is -2.14. The van der Waals surface area contributed by atoms with Gasteiger partial charge in [0.1, 0.15) is 5.75 Å². The molecule has 2 rings (SSSR count). The van der Waals surface area contributed by atoms with E-state index in [1.54, 1.807) is 7.11 Å². The van der Waals surface area contributed by atoms with Crippen LogP contribution in [0.25, 0.3) is 0 Å². The van der Waals surface area contributed by atoms with Crippen molar-refractivity contribution < 1.29 is 4.74 Å². The summed E-state index contributed by atoms with van der Waals surface area (Å²) in [5.41, 5.74) is 2.61. The molecule has 1 aromatic heterocycles. The van der Waals surface area contributed by atoms with Gasteiger partial charge < -0.3 is 14.6 Å². The van der Waals surface area contributed by atoms with Crippen LogP contribution in [-0.4, -0.2) is 11.7 Å². The maximum atomic E-state index is 5.18. The second-order valence-corrected chi connectivity index (χ2v) is 5.13. The molecule has 0 amide bonds. The van der Waals surface area contributed by atoms with Gasteiger partial charge in [0.2, 0.25) is 0 Å². The summed E-state index contributed by atoms with van der Waals surface area (Å²) in [6.07, 6.45) is 5.54. The Morgan fingerprint density at radius 3 is 2.60 bits per heavy atom. The summed E-state index contributed by atoms with van der Waals surface area (Å²) in [6, 6.07) is 10.7. The molecule has 1 atom stereocenters. The Balaban J connectivity index is 1.88. The predicted molar refractivity (Wildman–Crippen MR) is 83.0 cm³/mol. The molecule has 0 aliphatic heterocycles. The number of aryl methyl sites for hydroxylation is 1. The highest BCUT2D eigenvalue weighted by Gasteiger charge is 2.05. The Morgan fingerprint density at radius 2 is 1.95 bits per heavy atom. The van der Waals surface area contributed by atoms with E-state index < -0.39 is 0 Å². The Kier molecular flexibility index (Phi) is 5.24. The van der Waals surface area contributed by atoms with Gasteiger partial charge in [0, 0.05) is 31.5 Å². The summed E-state index contributed by atoms with van der Waals surface area (Å²) in [5.74, 6) is 0.901. The largest absolute Gasteiger partial charge is 0.497 e. The van der Waals surface area contributed by atoms with Crippen LogP contribution in [-0.2, 0) is 13.1 Å². The molecule has 0 saturated carbocycles. The quantitative estimate of drug-likeness (QED) is 0.830. The molecule has 0 spiro atoms. The second kappa shape index (κ2) is 7.15. The van der Waals surface area contributed by atoms with E-state index in [4.69, 9.17) is 4.74 Å². The first-order valence-electron chi connectivity index (χ1n) is 7.25. The van der Waals surface area contributed by atoms with Gasteiger partial charge in [-0.25, -0.2) is 0 Å². The molecule has 2 aromatic rings. The molecular formula is C17H24N2O. The fraction of sp³-hybridized carbons (Fsp3) is 0.412. The third kappa shape index (κ3) is 3.87. The highest BCUT2D eigenvalue weighted by Crippen LogP contribution is 2.17. The Bertz CT molecular complexity index is 516. The van der Waals surface area contributed by atoms with Gasteiger partial charge in [0.15, 0.2) is 0 Å². The molecule has 1 heterocycles. The number of hydrogen-bond donors (Lipinski definition) is 1. The highest BCUT2D eigenvalue weighted by atomic mass is 16.5. The Morgan fingerprint density at radius 1 is 1.20 bits per heavy atom. The third-order valence-corrected chi connectivity index (χ3v) is 3.52. The summed E-state index contributed by atoms with van der Waals surface area (Å²) in [4.78, 5) is 0. The molecule has 0 aliphatic rings. The molecule has 3 heteroatoms. The van der Waals surface area contributed by atoms with E-state index in [-0.39, 0.29) is 0 Å². The van der Waals surface area contributed by atoms with Gasteiger partial charge in [-0.05, 0) is 42.7 Å². The van der Waals surface area contributed by atoms with Crippen LogP contribution in [0.5, 0.6) is 5.75 Å². The molecule has 0 radical (unpaired) electrons. The zero-order valence-electron chi connectivity index (χ0n) is 12.6. The SMILES string of the molecule is CCCn1ccc(CN[C@@H](C)c2ccc(OC)cc2)c1. The number of methoxy groups -OCH3 is 1. The van der Waals surface area contributed by atoms with Crippen LogP contribution >= 0.6 is 0 Å². The molecule has 1 aromatic carbocycles. The summed E-state index contributed by atoms with van der Waals surface area (Å²) in [7, 11) is 1.69. The van der Waals surface area contributed by atoms with Gasteiger partial charge in [0.05, 0.1) is 7.11 Å². The van der Waals surface area contributed by atoms with Crippen molar-refractivity contribution in [3.63, 3.8) is 0 Å². The van der Waals surface area contributed by atoms with Gasteiger partial charge >= 0.3 is 0 Å². The van der Waals surface area contributed by atoms with Crippen LogP contribution in [0.2, 0.25) is 0 Å². The molecule has 20 heavy (non-hydrogen) atoms. The topological polar surface area (TPSA) is 26.2 Å². The maximum absolute atomic E-state index is 5.18. The summed E-state index contributed by atoms with van der Waals surface area (Å²) >= 11 is 0. The number of rotatable bonds is 7. The Hall–Kier alpha value is -1.74. The van der Waals surface area contributed by atoms with Gasteiger partial charge in [-0.15, -0.1) is 0 Å². The zero-order valence-corrected chi connectivity index (χ0v) is 12.6. The molecule has 0 fully saturated rings. The lowest BCUT2D eigenvalue weighted by atomic mass is 10.1. The fourth-order valence-electron chi connectivity index (χ4n) is 2.27. The average Bonchev–Trinajstić information content (AvgIpc) is 2.93. The minimum absolute atomic E-state index is 0.329. The van der Waals surface area contributed by atoms with Gasteiger partial charge in [-0.1, -0.05) is 19.1 Å². The first kappa shape index (κ1) is 14.7. The van der Waals surface area contributed by atoms with E-state index in [2.05, 4.69) is 54.3 Å². The lowest BCUT2D eigenvalue weighted by molar-refractivity contribution is 0.414. The van der Waals surface area contributed by atoms with E-state index in [0.717, 1.165) is 18.8 Å². The normalized spacial score (nSPS) is 12.3. The number of ether oxygens (including phenoxy) is 1. The van der Waals surface area contributed by atoms with E-state index in [1.165, 1.54) is 17.5 Å². The van der Waals surface area contributed by atoms with Crippen molar-refractivity contribution in [3.05, 3.63) is 53.9 Å². The van der Waals surface area contributed by atoms with Gasteiger partial charge in [0.25, 0.3) is 0 Å². The average molecular weight is 272 g/mol. The lowest BCUT2D eigenvalue weighted by Crippen LogP contribution is -2.17. The number of benzene rings is 1. The van der Waals surface area contributed by atoms with Crippen molar-refractivity contribution in [2.45, 2.75) is 39.4 Å². The first-order valence-corrected chi connectivity index (χ1v) is 7.25. The monoisotopic (exact) mass is 272 g/mol. The molecule has 0 aliphatic carbocycles. The standard InChI is InChI=1S/C17H24N2O/c1-4-10-19-11-9-15(13-19)12-18-14(2)16-5-7-17(20-3)8-6-16/h5-9,11,13-14,18H,4,10,12H2,1-3H3/t14-/m0/s1. The van der Waals surface area contributed by atoms with Crippen LogP contribution < -0.4 is 10.1 Å². The van der Waals surface area contributed by atoms with Crippen molar-refractivity contribution in [1.82, 2.24) is 9.88 Å². The number of nitrogens with zero attached hydrogens (tertiary/aromatic N) is 1. The summed E-state index contributed by atoms with van der Waals surface area (Å²) in [5, 5.41) is 3.55. The van der Waals surface area contributed by atoms with Crippen molar-refractivity contribution in [2.24, 2.45) is 0 Å². The second-order valence-electron chi connectivity index (χ2n) is 5.13. The van der Waals surface area contributed by atoms with E-state index >= 15 is 0 Å². The van der Waals surface area contributed by atoms with Crippen molar-refractivity contribution in [1.29, 1.82) is 0 Å². The number of aromatic nitrogens is 1. The smallest absolute Gasteiger partial charge is 0.118 e. The van der Waals surface area contributed by atoms with Crippen molar-refractivity contribution >= 4 is 0 Å². The zero-order chi connectivity index (χ0) is 14.4. The van der Waals surface area contributed by atoms with Crippen molar-refractivity contribution in [2.75, 3.05) is 7.11 Å². The van der Waals surface area contributed by atoms with Crippen LogP contribution in [0.15, 0.2) is 42.7 Å². The van der Waals surface area contributed by atoms with Crippen LogP contribution in [0.4, 0.5) is 0 Å². The molecule has 108 valence electrons. The molecule has 1 N–H and O–H groups in total. The van der Waals surface area contributed by atoms with E-state index in [1.807, 2.05) is 12.1 Å². The minimum atomic E-state index is 0.329. The molecule has 0 bridgehead atoms. The minimum Gasteiger partial charge on any atom is -0.497 e. The maximum Gasteiger partial charge on any atom is 0.118 e. The van der Waals surface area contributed by atoms with Gasteiger partial charge in [-0.3, -0.25) is 0 Å². The van der Waals surface area contributed by atoms with Gasteiger partial charge in [-0.2, -0.15) is 0 Å². The van der Waals surface area contributed by atoms with Crippen LogP contribution in [0, 0.1) is 0 Å². The van der Waals surface area contributed by atoms with Crippen LogP contribution in [0.1, 0.15) is 37.4 Å². The first-order chi connectivity index (χ1) is 9.72.